The van der Waals surface area contributed by atoms with Gasteiger partial charge < -0.3 is 14.6 Å². The predicted octanol–water partition coefficient (Wildman–Crippen LogP) is 2.27. The fourth-order valence-corrected chi connectivity index (χ4v) is 2.80. The lowest BCUT2D eigenvalue weighted by atomic mass is 9.88. The molecule has 6 heteroatoms. The van der Waals surface area contributed by atoms with Crippen molar-refractivity contribution >= 4 is 11.6 Å². The second-order valence-electron chi connectivity index (χ2n) is 5.04. The number of benzene rings is 1. The van der Waals surface area contributed by atoms with Crippen LogP contribution >= 0.6 is 11.6 Å². The number of hydrogen-bond acceptors (Lipinski definition) is 5. The van der Waals surface area contributed by atoms with E-state index in [4.69, 9.17) is 20.9 Å². The van der Waals surface area contributed by atoms with E-state index in [0.29, 0.717) is 23.3 Å². The van der Waals surface area contributed by atoms with E-state index in [2.05, 4.69) is 15.5 Å². The molecule has 0 bridgehead atoms. The minimum atomic E-state index is -0.235. The lowest BCUT2D eigenvalue weighted by Gasteiger charge is -2.22. The van der Waals surface area contributed by atoms with Crippen LogP contribution in [0.3, 0.4) is 0 Å². The second kappa shape index (κ2) is 5.52. The Bertz CT molecular complexity index is 594. The molecule has 1 N–H and O–H groups in total. The van der Waals surface area contributed by atoms with Crippen molar-refractivity contribution in [2.75, 3.05) is 26.8 Å². The molecule has 0 saturated carbocycles. The zero-order valence-electron chi connectivity index (χ0n) is 11.2. The van der Waals surface area contributed by atoms with E-state index in [-0.39, 0.29) is 5.41 Å². The molecule has 106 valence electrons. The first kappa shape index (κ1) is 13.5. The molecule has 0 radical (unpaired) electrons. The van der Waals surface area contributed by atoms with Crippen LogP contribution in [0.25, 0.3) is 11.4 Å². The Labute approximate surface area is 122 Å². The van der Waals surface area contributed by atoms with Crippen LogP contribution in [0.1, 0.15) is 12.3 Å². The number of ether oxygens (including phenoxy) is 1. The van der Waals surface area contributed by atoms with Crippen molar-refractivity contribution in [3.63, 3.8) is 0 Å². The summed E-state index contributed by atoms with van der Waals surface area (Å²) >= 11 is 6.16. The average molecular weight is 294 g/mol. The van der Waals surface area contributed by atoms with Gasteiger partial charge in [-0.3, -0.25) is 0 Å². The van der Waals surface area contributed by atoms with Crippen molar-refractivity contribution in [2.24, 2.45) is 0 Å². The smallest absolute Gasteiger partial charge is 0.236 e. The van der Waals surface area contributed by atoms with E-state index in [1.165, 1.54) is 0 Å². The highest BCUT2D eigenvalue weighted by Gasteiger charge is 2.41. The van der Waals surface area contributed by atoms with Gasteiger partial charge in [0.25, 0.3) is 0 Å². The van der Waals surface area contributed by atoms with Crippen LogP contribution in [-0.4, -0.2) is 36.9 Å². The van der Waals surface area contributed by atoms with Crippen molar-refractivity contribution in [1.82, 2.24) is 15.5 Å². The Kier molecular flexibility index (Phi) is 3.74. The molecule has 1 fully saturated rings. The normalized spacial score (nSPS) is 22.3. The van der Waals surface area contributed by atoms with Crippen LogP contribution in [0.4, 0.5) is 0 Å². The maximum Gasteiger partial charge on any atom is 0.236 e. The van der Waals surface area contributed by atoms with E-state index in [9.17, 15) is 0 Å². The second-order valence-corrected chi connectivity index (χ2v) is 5.45. The van der Waals surface area contributed by atoms with Gasteiger partial charge >= 0.3 is 0 Å². The number of aromatic nitrogens is 2. The molecule has 1 saturated heterocycles. The maximum absolute atomic E-state index is 6.16. The van der Waals surface area contributed by atoms with Crippen molar-refractivity contribution < 1.29 is 9.26 Å². The van der Waals surface area contributed by atoms with E-state index < -0.39 is 0 Å². The minimum absolute atomic E-state index is 0.235. The van der Waals surface area contributed by atoms with Crippen LogP contribution in [0.2, 0.25) is 5.02 Å². The van der Waals surface area contributed by atoms with Crippen LogP contribution < -0.4 is 5.32 Å². The van der Waals surface area contributed by atoms with Crippen molar-refractivity contribution in [2.45, 2.75) is 11.8 Å². The molecule has 2 heterocycles. The molecule has 1 atom stereocenters. The van der Waals surface area contributed by atoms with Gasteiger partial charge in [-0.2, -0.15) is 4.98 Å². The van der Waals surface area contributed by atoms with Gasteiger partial charge in [0.2, 0.25) is 11.7 Å². The molecule has 1 aromatic heterocycles. The van der Waals surface area contributed by atoms with Crippen molar-refractivity contribution in [1.29, 1.82) is 0 Å². The third-order valence-electron chi connectivity index (χ3n) is 3.66. The topological polar surface area (TPSA) is 60.2 Å². The summed E-state index contributed by atoms with van der Waals surface area (Å²) in [4.78, 5) is 4.53. The van der Waals surface area contributed by atoms with Crippen LogP contribution in [0.5, 0.6) is 0 Å². The van der Waals surface area contributed by atoms with Gasteiger partial charge in [0.15, 0.2) is 0 Å². The molecular weight excluding hydrogens is 278 g/mol. The largest absolute Gasteiger partial charge is 0.384 e. The number of rotatable bonds is 4. The first-order valence-corrected chi connectivity index (χ1v) is 6.92. The van der Waals surface area contributed by atoms with Gasteiger partial charge in [-0.15, -0.1) is 0 Å². The lowest BCUT2D eigenvalue weighted by Crippen LogP contribution is -2.34. The fourth-order valence-electron chi connectivity index (χ4n) is 2.58. The van der Waals surface area contributed by atoms with Crippen LogP contribution in [0, 0.1) is 0 Å². The highest BCUT2D eigenvalue weighted by Crippen LogP contribution is 2.32. The Balaban J connectivity index is 1.95. The Hall–Kier alpha value is -1.43. The molecule has 2 aromatic rings. The Morgan fingerprint density at radius 1 is 1.45 bits per heavy atom. The van der Waals surface area contributed by atoms with Gasteiger partial charge in [-0.1, -0.05) is 28.9 Å². The van der Waals surface area contributed by atoms with Crippen LogP contribution in [0.15, 0.2) is 28.8 Å². The SMILES string of the molecule is COCC1(c2nc(-c3ccccc3Cl)no2)CCNC1. The number of nitrogens with one attached hydrogen (secondary N) is 1. The first-order valence-electron chi connectivity index (χ1n) is 6.54. The van der Waals surface area contributed by atoms with E-state index >= 15 is 0 Å². The molecule has 1 aromatic carbocycles. The Morgan fingerprint density at radius 2 is 2.30 bits per heavy atom. The molecule has 1 unspecified atom stereocenters. The zero-order valence-corrected chi connectivity index (χ0v) is 12.0. The van der Waals surface area contributed by atoms with E-state index in [0.717, 1.165) is 25.1 Å². The molecule has 0 aliphatic carbocycles. The summed E-state index contributed by atoms with van der Waals surface area (Å²) in [6.07, 6.45) is 0.922. The quantitative estimate of drug-likeness (QED) is 0.937. The van der Waals surface area contributed by atoms with Gasteiger partial charge in [-0.25, -0.2) is 0 Å². The molecule has 1 aliphatic heterocycles. The molecule has 0 amide bonds. The standard InChI is InChI=1S/C14H16ClN3O2/c1-19-9-14(6-7-16-8-14)13-17-12(18-20-13)10-4-2-3-5-11(10)15/h2-5,16H,6-9H2,1H3. The monoisotopic (exact) mass is 293 g/mol. The molecular formula is C14H16ClN3O2. The number of hydrogen-bond donors (Lipinski definition) is 1. The number of methoxy groups -OCH3 is 1. The van der Waals surface area contributed by atoms with E-state index in [1.54, 1.807) is 7.11 Å². The summed E-state index contributed by atoms with van der Waals surface area (Å²) in [5.41, 5.74) is 0.545. The predicted molar refractivity (Wildman–Crippen MR) is 75.8 cm³/mol. The molecule has 20 heavy (non-hydrogen) atoms. The van der Waals surface area contributed by atoms with Crippen LogP contribution in [-0.2, 0) is 10.2 Å². The molecule has 3 rings (SSSR count). The number of nitrogens with zero attached hydrogens (tertiary/aromatic N) is 2. The third-order valence-corrected chi connectivity index (χ3v) is 3.99. The van der Waals surface area contributed by atoms with Crippen molar-refractivity contribution in [3.05, 3.63) is 35.2 Å². The minimum Gasteiger partial charge on any atom is -0.384 e. The third kappa shape index (κ3) is 2.32. The van der Waals surface area contributed by atoms with Gasteiger partial charge in [0, 0.05) is 19.2 Å². The summed E-state index contributed by atoms with van der Waals surface area (Å²) in [7, 11) is 1.69. The van der Waals surface area contributed by atoms with Gasteiger partial charge in [0.05, 0.1) is 17.0 Å². The Morgan fingerprint density at radius 3 is 3.00 bits per heavy atom. The van der Waals surface area contributed by atoms with E-state index in [1.807, 2.05) is 24.3 Å². The first-order chi connectivity index (χ1) is 9.75. The maximum atomic E-state index is 6.16. The number of halogens is 1. The van der Waals surface area contributed by atoms with Gasteiger partial charge in [-0.05, 0) is 25.1 Å². The van der Waals surface area contributed by atoms with Gasteiger partial charge in [0.1, 0.15) is 0 Å². The lowest BCUT2D eigenvalue weighted by molar-refractivity contribution is 0.117. The molecule has 1 aliphatic rings. The highest BCUT2D eigenvalue weighted by molar-refractivity contribution is 6.33. The summed E-state index contributed by atoms with van der Waals surface area (Å²) in [6.45, 7) is 2.27. The fraction of sp³-hybridized carbons (Fsp3) is 0.429. The summed E-state index contributed by atoms with van der Waals surface area (Å²) < 4.78 is 10.8. The average Bonchev–Trinajstić information content (AvgIpc) is 3.09. The molecule has 5 nitrogen and oxygen atoms in total. The summed E-state index contributed by atoms with van der Waals surface area (Å²) in [5.74, 6) is 1.13. The molecule has 0 spiro atoms. The summed E-state index contributed by atoms with van der Waals surface area (Å²) in [5, 5.41) is 8.00. The van der Waals surface area contributed by atoms with Crippen molar-refractivity contribution in [3.8, 4) is 11.4 Å². The summed E-state index contributed by atoms with van der Waals surface area (Å²) in [6, 6.07) is 7.47. The zero-order chi connectivity index (χ0) is 14.0. The highest BCUT2D eigenvalue weighted by atomic mass is 35.5.